The molecule has 0 radical (unpaired) electrons. The molecule has 0 amide bonds. The van der Waals surface area contributed by atoms with Crippen LogP contribution in [0.5, 0.6) is 0 Å². The summed E-state index contributed by atoms with van der Waals surface area (Å²) in [6.45, 7) is 3.83. The van der Waals surface area contributed by atoms with Crippen LogP contribution in [0.25, 0.3) is 0 Å². The summed E-state index contributed by atoms with van der Waals surface area (Å²) in [5, 5.41) is 11.5. The van der Waals surface area contributed by atoms with Crippen molar-refractivity contribution in [3.8, 4) is 6.07 Å². The first kappa shape index (κ1) is 13.2. The van der Waals surface area contributed by atoms with E-state index < -0.39 is 0 Å². The van der Waals surface area contributed by atoms with Crippen molar-refractivity contribution < 1.29 is 0 Å². The van der Waals surface area contributed by atoms with Gasteiger partial charge < -0.3 is 4.90 Å². The van der Waals surface area contributed by atoms with Crippen LogP contribution in [-0.4, -0.2) is 31.1 Å². The molecule has 1 unspecified atom stereocenters. The summed E-state index contributed by atoms with van der Waals surface area (Å²) in [5.74, 6) is 0. The van der Waals surface area contributed by atoms with Crippen LogP contribution in [0.15, 0.2) is 47.8 Å². The van der Waals surface area contributed by atoms with E-state index in [2.05, 4.69) is 46.2 Å². The molecule has 1 saturated heterocycles. The fourth-order valence-corrected chi connectivity index (χ4v) is 3.45. The zero-order valence-corrected chi connectivity index (χ0v) is 12.1. The number of nitrogens with zero attached hydrogens (tertiary/aromatic N) is 3. The van der Waals surface area contributed by atoms with E-state index in [9.17, 15) is 5.26 Å². The maximum absolute atomic E-state index is 9.43. The Bertz CT molecular complexity index is 566. The lowest BCUT2D eigenvalue weighted by atomic mass is 10.2. The number of nitriles is 1. The van der Waals surface area contributed by atoms with E-state index in [-0.39, 0.29) is 6.04 Å². The third kappa shape index (κ3) is 2.69. The highest BCUT2D eigenvalue weighted by Crippen LogP contribution is 2.26. The number of anilines is 1. The van der Waals surface area contributed by atoms with Gasteiger partial charge in [0.05, 0.1) is 6.07 Å². The smallest absolute Gasteiger partial charge is 0.133 e. The zero-order chi connectivity index (χ0) is 13.8. The highest BCUT2D eigenvalue weighted by Gasteiger charge is 2.25. The van der Waals surface area contributed by atoms with Crippen molar-refractivity contribution in [2.24, 2.45) is 0 Å². The van der Waals surface area contributed by atoms with E-state index in [0.717, 1.165) is 31.1 Å². The van der Waals surface area contributed by atoms with E-state index in [1.807, 2.05) is 17.5 Å². The monoisotopic (exact) mass is 283 g/mol. The molecule has 0 spiro atoms. The van der Waals surface area contributed by atoms with Crippen LogP contribution in [0.2, 0.25) is 0 Å². The van der Waals surface area contributed by atoms with Crippen LogP contribution in [0.1, 0.15) is 10.9 Å². The predicted molar refractivity (Wildman–Crippen MR) is 82.9 cm³/mol. The molecule has 1 fully saturated rings. The molecule has 2 heterocycles. The van der Waals surface area contributed by atoms with E-state index in [4.69, 9.17) is 0 Å². The fourth-order valence-electron chi connectivity index (χ4n) is 2.65. The van der Waals surface area contributed by atoms with Gasteiger partial charge in [0.15, 0.2) is 0 Å². The number of thiophene rings is 1. The van der Waals surface area contributed by atoms with Crippen LogP contribution < -0.4 is 4.90 Å². The van der Waals surface area contributed by atoms with Gasteiger partial charge in [-0.05, 0) is 23.6 Å². The topological polar surface area (TPSA) is 30.3 Å². The van der Waals surface area contributed by atoms with E-state index in [0.29, 0.717) is 0 Å². The molecule has 1 atom stereocenters. The molecular weight excluding hydrogens is 266 g/mol. The standard InChI is InChI=1S/C16H17N3S/c17-13-15(16-7-4-12-20-16)19-10-8-18(9-11-19)14-5-2-1-3-6-14/h1-7,12,15H,8-11H2. The second-order valence-corrected chi connectivity index (χ2v) is 5.88. The van der Waals surface area contributed by atoms with Crippen LogP contribution >= 0.6 is 11.3 Å². The van der Waals surface area contributed by atoms with Crippen molar-refractivity contribution in [3.63, 3.8) is 0 Å². The highest BCUT2D eigenvalue weighted by molar-refractivity contribution is 7.10. The number of para-hydroxylation sites is 1. The van der Waals surface area contributed by atoms with E-state index >= 15 is 0 Å². The summed E-state index contributed by atoms with van der Waals surface area (Å²) in [4.78, 5) is 5.82. The second kappa shape index (κ2) is 6.08. The minimum absolute atomic E-state index is 0.0899. The van der Waals surface area contributed by atoms with Gasteiger partial charge in [-0.25, -0.2) is 0 Å². The number of rotatable bonds is 3. The van der Waals surface area contributed by atoms with Crippen molar-refractivity contribution in [2.75, 3.05) is 31.1 Å². The molecule has 1 aromatic carbocycles. The second-order valence-electron chi connectivity index (χ2n) is 4.91. The minimum Gasteiger partial charge on any atom is -0.369 e. The first-order chi connectivity index (χ1) is 9.88. The first-order valence-electron chi connectivity index (χ1n) is 6.85. The van der Waals surface area contributed by atoms with Gasteiger partial charge >= 0.3 is 0 Å². The molecule has 0 bridgehead atoms. The Balaban J connectivity index is 1.65. The van der Waals surface area contributed by atoms with Gasteiger partial charge in [0.1, 0.15) is 6.04 Å². The Kier molecular flexibility index (Phi) is 4.00. The molecule has 20 heavy (non-hydrogen) atoms. The Hall–Kier alpha value is -1.83. The maximum Gasteiger partial charge on any atom is 0.133 e. The molecule has 1 aliphatic heterocycles. The summed E-state index contributed by atoms with van der Waals surface area (Å²) in [7, 11) is 0. The van der Waals surface area contributed by atoms with Gasteiger partial charge in [0, 0.05) is 36.7 Å². The normalized spacial score (nSPS) is 17.6. The van der Waals surface area contributed by atoms with Gasteiger partial charge in [-0.15, -0.1) is 11.3 Å². The van der Waals surface area contributed by atoms with Crippen molar-refractivity contribution >= 4 is 17.0 Å². The summed E-state index contributed by atoms with van der Waals surface area (Å²) in [6.07, 6.45) is 0. The molecule has 4 heteroatoms. The molecule has 0 aliphatic carbocycles. The van der Waals surface area contributed by atoms with Crippen LogP contribution in [0, 0.1) is 11.3 Å². The van der Waals surface area contributed by atoms with Gasteiger partial charge in [0.2, 0.25) is 0 Å². The van der Waals surface area contributed by atoms with Crippen LogP contribution in [0.3, 0.4) is 0 Å². The maximum atomic E-state index is 9.43. The molecule has 0 saturated carbocycles. The number of hydrogen-bond acceptors (Lipinski definition) is 4. The van der Waals surface area contributed by atoms with Crippen molar-refractivity contribution in [3.05, 3.63) is 52.7 Å². The Morgan fingerprint density at radius 2 is 1.75 bits per heavy atom. The Labute approximate surface area is 123 Å². The predicted octanol–water partition coefficient (Wildman–Crippen LogP) is 3.13. The third-order valence-electron chi connectivity index (χ3n) is 3.74. The van der Waals surface area contributed by atoms with Gasteiger partial charge in [0.25, 0.3) is 0 Å². The van der Waals surface area contributed by atoms with Gasteiger partial charge in [-0.3, -0.25) is 4.90 Å². The van der Waals surface area contributed by atoms with Gasteiger partial charge in [-0.2, -0.15) is 5.26 Å². The van der Waals surface area contributed by atoms with Crippen molar-refractivity contribution in [2.45, 2.75) is 6.04 Å². The minimum atomic E-state index is -0.0899. The number of benzene rings is 1. The molecule has 0 N–H and O–H groups in total. The van der Waals surface area contributed by atoms with Gasteiger partial charge in [-0.1, -0.05) is 24.3 Å². The quantitative estimate of drug-likeness (QED) is 0.867. The van der Waals surface area contributed by atoms with Crippen molar-refractivity contribution in [1.29, 1.82) is 5.26 Å². The Morgan fingerprint density at radius 1 is 1.00 bits per heavy atom. The fraction of sp³-hybridized carbons (Fsp3) is 0.312. The summed E-state index contributed by atoms with van der Waals surface area (Å²) < 4.78 is 0. The third-order valence-corrected chi connectivity index (χ3v) is 4.66. The molecule has 2 aromatic rings. The average Bonchev–Trinajstić information content (AvgIpc) is 3.04. The molecule has 3 rings (SSSR count). The van der Waals surface area contributed by atoms with E-state index in [1.54, 1.807) is 11.3 Å². The lowest BCUT2D eigenvalue weighted by molar-refractivity contribution is 0.224. The first-order valence-corrected chi connectivity index (χ1v) is 7.73. The summed E-state index contributed by atoms with van der Waals surface area (Å²) in [6, 6.07) is 16.9. The Morgan fingerprint density at radius 3 is 2.35 bits per heavy atom. The molecule has 3 nitrogen and oxygen atoms in total. The molecule has 1 aromatic heterocycles. The zero-order valence-electron chi connectivity index (χ0n) is 11.3. The molecule has 102 valence electrons. The highest BCUT2D eigenvalue weighted by atomic mass is 32.1. The lowest BCUT2D eigenvalue weighted by Crippen LogP contribution is -2.47. The number of piperazine rings is 1. The molecular formula is C16H17N3S. The summed E-state index contributed by atoms with van der Waals surface area (Å²) >= 11 is 1.67. The molecule has 1 aliphatic rings. The van der Waals surface area contributed by atoms with E-state index in [1.165, 1.54) is 5.69 Å². The lowest BCUT2D eigenvalue weighted by Gasteiger charge is -2.37. The van der Waals surface area contributed by atoms with Crippen LogP contribution in [-0.2, 0) is 0 Å². The number of hydrogen-bond donors (Lipinski definition) is 0. The van der Waals surface area contributed by atoms with Crippen molar-refractivity contribution in [1.82, 2.24) is 4.90 Å². The summed E-state index contributed by atoms with van der Waals surface area (Å²) in [5.41, 5.74) is 1.27. The largest absolute Gasteiger partial charge is 0.369 e. The van der Waals surface area contributed by atoms with Crippen LogP contribution in [0.4, 0.5) is 5.69 Å². The average molecular weight is 283 g/mol. The SMILES string of the molecule is N#CC(c1cccs1)N1CCN(c2ccccc2)CC1.